The van der Waals surface area contributed by atoms with Crippen molar-refractivity contribution in [1.82, 2.24) is 14.2 Å². The van der Waals surface area contributed by atoms with Gasteiger partial charge in [-0.3, -0.25) is 4.79 Å². The number of carbonyl (C=O) groups excluding carboxylic acids is 1. The lowest BCUT2D eigenvalue weighted by atomic mass is 9.81. The van der Waals surface area contributed by atoms with Gasteiger partial charge in [0.1, 0.15) is 4.83 Å². The molecule has 0 atom stereocenters. The summed E-state index contributed by atoms with van der Waals surface area (Å²) in [6.45, 7) is 6.88. The number of anilines is 1. The maximum Gasteiger partial charge on any atom is 0.257 e. The van der Waals surface area contributed by atoms with Crippen molar-refractivity contribution < 1.29 is 4.79 Å². The van der Waals surface area contributed by atoms with Crippen molar-refractivity contribution in [1.29, 1.82) is 5.26 Å². The summed E-state index contributed by atoms with van der Waals surface area (Å²) in [5.41, 5.74) is 1.43. The Bertz CT molecular complexity index is 905. The molecule has 2 aliphatic heterocycles. The van der Waals surface area contributed by atoms with Gasteiger partial charge in [-0.2, -0.15) is 5.26 Å². The summed E-state index contributed by atoms with van der Waals surface area (Å²) in [5, 5.41) is 12.5. The summed E-state index contributed by atoms with van der Waals surface area (Å²) in [6.07, 6.45) is 5.47. The Kier molecular flexibility index (Phi) is 5.50. The predicted molar refractivity (Wildman–Crippen MR) is 116 cm³/mol. The van der Waals surface area contributed by atoms with Gasteiger partial charge in [0.25, 0.3) is 5.91 Å². The van der Waals surface area contributed by atoms with Crippen LogP contribution in [-0.4, -0.2) is 65.6 Å². The Morgan fingerprint density at radius 3 is 2.61 bits per heavy atom. The maximum absolute atomic E-state index is 13.4. The fourth-order valence-corrected chi connectivity index (χ4v) is 5.25. The van der Waals surface area contributed by atoms with Crippen LogP contribution in [0, 0.1) is 16.7 Å². The van der Waals surface area contributed by atoms with Crippen LogP contribution in [0.2, 0.25) is 0 Å². The number of piperidine rings is 1. The number of fused-ring (bicyclic) bond motifs is 1. The average Bonchev–Trinajstić information content (AvgIpc) is 3.22. The van der Waals surface area contributed by atoms with Crippen LogP contribution in [0.5, 0.6) is 0 Å². The molecule has 2 fully saturated rings. The van der Waals surface area contributed by atoms with Crippen molar-refractivity contribution in [3.63, 3.8) is 0 Å². The molecule has 0 aliphatic carbocycles. The second kappa shape index (κ2) is 7.90. The Labute approximate surface area is 174 Å². The van der Waals surface area contributed by atoms with Crippen LogP contribution in [-0.2, 0) is 0 Å². The van der Waals surface area contributed by atoms with Crippen LogP contribution >= 0.6 is 23.3 Å². The zero-order valence-electron chi connectivity index (χ0n) is 16.3. The SMILES string of the molecule is CSN1CCN(C(=O)c2cnc3sccc3c2N2CCC(C)(C#N)CC2)CC1. The number of nitriles is 1. The molecule has 2 aromatic rings. The highest BCUT2D eigenvalue weighted by molar-refractivity contribution is 7.96. The van der Waals surface area contributed by atoms with E-state index in [9.17, 15) is 10.1 Å². The van der Waals surface area contributed by atoms with E-state index in [0.29, 0.717) is 5.56 Å². The minimum atomic E-state index is -0.268. The summed E-state index contributed by atoms with van der Waals surface area (Å²) in [7, 11) is 0. The van der Waals surface area contributed by atoms with Gasteiger partial charge in [0.2, 0.25) is 0 Å². The molecule has 4 heterocycles. The molecule has 148 valence electrons. The average molecular weight is 416 g/mol. The van der Waals surface area contributed by atoms with Gasteiger partial charge in [0.15, 0.2) is 0 Å². The van der Waals surface area contributed by atoms with Gasteiger partial charge < -0.3 is 9.80 Å². The lowest BCUT2D eigenvalue weighted by Crippen LogP contribution is -2.47. The van der Waals surface area contributed by atoms with Crippen LogP contribution in [0.1, 0.15) is 30.1 Å². The molecule has 2 aromatic heterocycles. The van der Waals surface area contributed by atoms with Gasteiger partial charge in [-0.25, -0.2) is 9.29 Å². The molecule has 6 nitrogen and oxygen atoms in total. The number of pyridine rings is 1. The van der Waals surface area contributed by atoms with Crippen molar-refractivity contribution in [2.45, 2.75) is 19.8 Å². The second-order valence-electron chi connectivity index (χ2n) is 7.72. The number of amides is 1. The van der Waals surface area contributed by atoms with Crippen molar-refractivity contribution in [2.24, 2.45) is 5.41 Å². The van der Waals surface area contributed by atoms with Crippen LogP contribution in [0.15, 0.2) is 17.6 Å². The Morgan fingerprint density at radius 1 is 1.25 bits per heavy atom. The van der Waals surface area contributed by atoms with E-state index < -0.39 is 0 Å². The number of piperazine rings is 1. The smallest absolute Gasteiger partial charge is 0.257 e. The van der Waals surface area contributed by atoms with Crippen LogP contribution in [0.4, 0.5) is 5.69 Å². The number of rotatable bonds is 3. The number of nitrogens with zero attached hydrogens (tertiary/aromatic N) is 5. The highest BCUT2D eigenvalue weighted by Gasteiger charge is 2.33. The molecular formula is C20H25N5OS2. The van der Waals surface area contributed by atoms with Crippen LogP contribution in [0.3, 0.4) is 0 Å². The molecule has 1 amide bonds. The molecule has 28 heavy (non-hydrogen) atoms. The summed E-state index contributed by atoms with van der Waals surface area (Å²) >= 11 is 3.34. The van der Waals surface area contributed by atoms with Gasteiger partial charge in [-0.1, -0.05) is 11.9 Å². The van der Waals surface area contributed by atoms with Crippen molar-refractivity contribution in [3.05, 3.63) is 23.2 Å². The molecule has 2 aliphatic rings. The monoisotopic (exact) mass is 415 g/mol. The van der Waals surface area contributed by atoms with E-state index in [4.69, 9.17) is 0 Å². The number of carbonyl (C=O) groups is 1. The molecule has 0 saturated carbocycles. The molecule has 0 bridgehead atoms. The van der Waals surface area contributed by atoms with Crippen molar-refractivity contribution in [3.8, 4) is 6.07 Å². The molecule has 0 unspecified atom stereocenters. The molecule has 0 N–H and O–H groups in total. The first-order valence-corrected chi connectivity index (χ1v) is 11.7. The fraction of sp³-hybridized carbons (Fsp3) is 0.550. The van der Waals surface area contributed by atoms with Crippen molar-refractivity contribution in [2.75, 3.05) is 50.4 Å². The Balaban J connectivity index is 1.65. The van der Waals surface area contributed by atoms with E-state index >= 15 is 0 Å². The maximum atomic E-state index is 13.4. The summed E-state index contributed by atoms with van der Waals surface area (Å²) in [6, 6.07) is 4.54. The number of hydrogen-bond donors (Lipinski definition) is 0. The molecule has 0 radical (unpaired) electrons. The zero-order valence-corrected chi connectivity index (χ0v) is 18.0. The summed E-state index contributed by atoms with van der Waals surface area (Å²) in [5.74, 6) is 0.0740. The predicted octanol–water partition coefficient (Wildman–Crippen LogP) is 3.46. The number of aromatic nitrogens is 1. The van der Waals surface area contributed by atoms with Crippen LogP contribution in [0.25, 0.3) is 10.2 Å². The first kappa shape index (κ1) is 19.5. The third-order valence-corrected chi connectivity index (χ3v) is 7.64. The lowest BCUT2D eigenvalue weighted by Gasteiger charge is -2.38. The molecule has 4 rings (SSSR count). The largest absolute Gasteiger partial charge is 0.370 e. The highest BCUT2D eigenvalue weighted by atomic mass is 32.2. The van der Waals surface area contributed by atoms with Gasteiger partial charge in [-0.15, -0.1) is 11.3 Å². The summed E-state index contributed by atoms with van der Waals surface area (Å²) in [4.78, 5) is 23.2. The highest BCUT2D eigenvalue weighted by Crippen LogP contribution is 2.38. The van der Waals surface area contributed by atoms with Crippen LogP contribution < -0.4 is 4.90 Å². The number of hydrogen-bond acceptors (Lipinski definition) is 7. The number of thiophene rings is 1. The van der Waals surface area contributed by atoms with Gasteiger partial charge in [-0.05, 0) is 37.5 Å². The fourth-order valence-electron chi connectivity index (χ4n) is 3.99. The Morgan fingerprint density at radius 2 is 1.96 bits per heavy atom. The van der Waals surface area contributed by atoms with E-state index in [-0.39, 0.29) is 11.3 Å². The van der Waals surface area contributed by atoms with E-state index in [2.05, 4.69) is 32.6 Å². The van der Waals surface area contributed by atoms with E-state index in [1.54, 1.807) is 29.5 Å². The third kappa shape index (κ3) is 3.59. The minimum Gasteiger partial charge on any atom is -0.370 e. The zero-order chi connectivity index (χ0) is 19.7. The normalized spacial score (nSPS) is 20.3. The second-order valence-corrected chi connectivity index (χ2v) is 9.50. The van der Waals surface area contributed by atoms with E-state index in [1.165, 1.54) is 0 Å². The molecule has 0 aromatic carbocycles. The van der Waals surface area contributed by atoms with E-state index in [1.807, 2.05) is 17.2 Å². The van der Waals surface area contributed by atoms with Gasteiger partial charge in [0.05, 0.1) is 22.7 Å². The van der Waals surface area contributed by atoms with Crippen molar-refractivity contribution >= 4 is 45.1 Å². The van der Waals surface area contributed by atoms with E-state index in [0.717, 1.165) is 68.0 Å². The summed E-state index contributed by atoms with van der Waals surface area (Å²) < 4.78 is 2.29. The molecule has 2 saturated heterocycles. The van der Waals surface area contributed by atoms with Gasteiger partial charge >= 0.3 is 0 Å². The first-order chi connectivity index (χ1) is 13.5. The topological polar surface area (TPSA) is 63.5 Å². The Hall–Kier alpha value is -1.82. The first-order valence-electron chi connectivity index (χ1n) is 9.65. The van der Waals surface area contributed by atoms with Gasteiger partial charge in [0, 0.05) is 50.9 Å². The quantitative estimate of drug-likeness (QED) is 0.716. The standard InChI is InChI=1S/C20H25N5OS2/c1-20(14-21)4-6-23(7-5-20)17-15-3-12-28-18(15)22-13-16(17)19(26)24-8-10-25(27-2)11-9-24/h3,12-13H,4-11H2,1-2H3. The lowest BCUT2D eigenvalue weighted by molar-refractivity contribution is 0.0704. The molecule has 8 heteroatoms. The minimum absolute atomic E-state index is 0.0740. The molecular weight excluding hydrogens is 390 g/mol. The molecule has 0 spiro atoms. The third-order valence-electron chi connectivity index (χ3n) is 5.93.